The summed E-state index contributed by atoms with van der Waals surface area (Å²) in [5.74, 6) is 0.852. The highest BCUT2D eigenvalue weighted by molar-refractivity contribution is 5.44. The smallest absolute Gasteiger partial charge is 0.136 e. The zero-order chi connectivity index (χ0) is 13.0. The van der Waals surface area contributed by atoms with Gasteiger partial charge in [-0.05, 0) is 19.1 Å². The minimum atomic E-state index is 0.852. The fourth-order valence-corrected chi connectivity index (χ4v) is 0.959. The number of allylic oxidation sites excluding steroid dienone is 2. The summed E-state index contributed by atoms with van der Waals surface area (Å²) in [6.07, 6.45) is 9.14. The SMILES string of the molecule is C=C/C=C\n1cc(C)nc1C=C.CC.CC. The van der Waals surface area contributed by atoms with Crippen LogP contribution in [0.1, 0.15) is 39.2 Å². The molecule has 0 aliphatic heterocycles. The van der Waals surface area contributed by atoms with Crippen LogP contribution in [0.4, 0.5) is 0 Å². The van der Waals surface area contributed by atoms with Gasteiger partial charge < -0.3 is 4.57 Å². The highest BCUT2D eigenvalue weighted by Crippen LogP contribution is 2.04. The van der Waals surface area contributed by atoms with E-state index in [4.69, 9.17) is 0 Å². The summed E-state index contributed by atoms with van der Waals surface area (Å²) in [5.41, 5.74) is 0.985. The second kappa shape index (κ2) is 11.5. The second-order valence-corrected chi connectivity index (χ2v) is 2.43. The number of aryl methyl sites for hydroxylation is 1. The monoisotopic (exact) mass is 220 g/mol. The number of nitrogens with zero attached hydrogens (tertiary/aromatic N) is 2. The molecule has 0 saturated heterocycles. The highest BCUT2D eigenvalue weighted by atomic mass is 15.0. The molecule has 16 heavy (non-hydrogen) atoms. The molecule has 1 aromatic heterocycles. The zero-order valence-electron chi connectivity index (χ0n) is 11.2. The molecular formula is C14H24N2. The van der Waals surface area contributed by atoms with Crippen LogP contribution in [-0.2, 0) is 0 Å². The van der Waals surface area contributed by atoms with Crippen LogP contribution in [0.25, 0.3) is 12.3 Å². The molecule has 1 rings (SSSR count). The van der Waals surface area contributed by atoms with Crippen LogP contribution in [-0.4, -0.2) is 9.55 Å². The summed E-state index contributed by atoms with van der Waals surface area (Å²) in [7, 11) is 0. The third-order valence-electron chi connectivity index (χ3n) is 1.45. The fraction of sp³-hybridized carbons (Fsp3) is 0.357. The van der Waals surface area contributed by atoms with E-state index in [0.717, 1.165) is 11.5 Å². The Balaban J connectivity index is 0. The molecular weight excluding hydrogens is 196 g/mol. The lowest BCUT2D eigenvalue weighted by atomic mass is 10.5. The molecule has 0 aliphatic rings. The van der Waals surface area contributed by atoms with Crippen LogP contribution in [0.2, 0.25) is 0 Å². The number of aromatic nitrogens is 2. The summed E-state index contributed by atoms with van der Waals surface area (Å²) in [5, 5.41) is 0. The first-order chi connectivity index (χ1) is 7.77. The van der Waals surface area contributed by atoms with E-state index < -0.39 is 0 Å². The lowest BCUT2D eigenvalue weighted by molar-refractivity contribution is 1.11. The van der Waals surface area contributed by atoms with Crippen LogP contribution in [0.3, 0.4) is 0 Å². The van der Waals surface area contributed by atoms with E-state index in [2.05, 4.69) is 18.1 Å². The fourth-order valence-electron chi connectivity index (χ4n) is 0.959. The predicted molar refractivity (Wildman–Crippen MR) is 75.3 cm³/mol. The Bertz CT molecular complexity index is 319. The van der Waals surface area contributed by atoms with Gasteiger partial charge in [0.1, 0.15) is 5.82 Å². The molecule has 0 aromatic carbocycles. The lowest BCUT2D eigenvalue weighted by Crippen LogP contribution is -1.86. The van der Waals surface area contributed by atoms with Crippen LogP contribution >= 0.6 is 0 Å². The predicted octanol–water partition coefficient (Wildman–Crippen LogP) is 4.54. The first kappa shape index (κ1) is 16.8. The van der Waals surface area contributed by atoms with E-state index in [1.165, 1.54) is 0 Å². The van der Waals surface area contributed by atoms with E-state index in [-0.39, 0.29) is 0 Å². The van der Waals surface area contributed by atoms with Crippen molar-refractivity contribution in [2.45, 2.75) is 34.6 Å². The molecule has 2 heteroatoms. The van der Waals surface area contributed by atoms with E-state index in [0.29, 0.717) is 0 Å². The summed E-state index contributed by atoms with van der Waals surface area (Å²) in [6, 6.07) is 0. The molecule has 0 unspecified atom stereocenters. The zero-order valence-corrected chi connectivity index (χ0v) is 11.2. The highest BCUT2D eigenvalue weighted by Gasteiger charge is 1.96. The Morgan fingerprint density at radius 2 is 1.75 bits per heavy atom. The normalized spacial score (nSPS) is 8.56. The van der Waals surface area contributed by atoms with Crippen molar-refractivity contribution in [3.8, 4) is 0 Å². The molecule has 0 amide bonds. The van der Waals surface area contributed by atoms with E-state index in [9.17, 15) is 0 Å². The average Bonchev–Trinajstić information content (AvgIpc) is 2.72. The summed E-state index contributed by atoms with van der Waals surface area (Å²) < 4.78 is 1.91. The van der Waals surface area contributed by atoms with Gasteiger partial charge in [-0.2, -0.15) is 0 Å². The van der Waals surface area contributed by atoms with Crippen molar-refractivity contribution in [1.82, 2.24) is 9.55 Å². The minimum absolute atomic E-state index is 0.852. The Morgan fingerprint density at radius 3 is 2.19 bits per heavy atom. The number of hydrogen-bond acceptors (Lipinski definition) is 1. The van der Waals surface area contributed by atoms with E-state index >= 15 is 0 Å². The van der Waals surface area contributed by atoms with Gasteiger partial charge in [-0.1, -0.05) is 46.9 Å². The van der Waals surface area contributed by atoms with Crippen LogP contribution in [0.5, 0.6) is 0 Å². The molecule has 90 valence electrons. The molecule has 2 nitrogen and oxygen atoms in total. The molecule has 1 heterocycles. The van der Waals surface area contributed by atoms with E-state index in [1.54, 1.807) is 12.2 Å². The van der Waals surface area contributed by atoms with Gasteiger partial charge in [0.15, 0.2) is 0 Å². The van der Waals surface area contributed by atoms with E-state index in [1.807, 2.05) is 57.7 Å². The van der Waals surface area contributed by atoms with Gasteiger partial charge in [0, 0.05) is 12.4 Å². The largest absolute Gasteiger partial charge is 0.307 e. The molecule has 0 N–H and O–H groups in total. The molecule has 0 saturated carbocycles. The molecule has 0 atom stereocenters. The van der Waals surface area contributed by atoms with Crippen LogP contribution in [0.15, 0.2) is 31.5 Å². The summed E-state index contributed by atoms with van der Waals surface area (Å²) in [4.78, 5) is 4.24. The molecule has 0 radical (unpaired) electrons. The topological polar surface area (TPSA) is 17.8 Å². The van der Waals surface area contributed by atoms with Gasteiger partial charge in [0.2, 0.25) is 0 Å². The third-order valence-corrected chi connectivity index (χ3v) is 1.45. The molecule has 0 bridgehead atoms. The van der Waals surface area contributed by atoms with Crippen molar-refractivity contribution in [3.63, 3.8) is 0 Å². The maximum absolute atomic E-state index is 4.24. The molecule has 0 aliphatic carbocycles. The second-order valence-electron chi connectivity index (χ2n) is 2.43. The number of hydrogen-bond donors (Lipinski definition) is 0. The standard InChI is InChI=1S/C10H12N2.2C2H6/c1-4-6-7-12-8-9(3)11-10(12)5-2;2*1-2/h4-8H,1-2H2,3H3;2*1-2H3/b7-6-;;. The van der Waals surface area contributed by atoms with Crippen LogP contribution in [0, 0.1) is 6.92 Å². The van der Waals surface area contributed by atoms with Crippen molar-refractivity contribution in [3.05, 3.63) is 43.0 Å². The molecule has 0 fully saturated rings. The van der Waals surface area contributed by atoms with Gasteiger partial charge >= 0.3 is 0 Å². The van der Waals surface area contributed by atoms with Crippen LogP contribution < -0.4 is 0 Å². The van der Waals surface area contributed by atoms with Crippen molar-refractivity contribution in [2.75, 3.05) is 0 Å². The Hall–Kier alpha value is -1.57. The maximum Gasteiger partial charge on any atom is 0.136 e. The van der Waals surface area contributed by atoms with Gasteiger partial charge in [-0.25, -0.2) is 4.98 Å². The third kappa shape index (κ3) is 6.02. The molecule has 0 spiro atoms. The lowest BCUT2D eigenvalue weighted by Gasteiger charge is -1.93. The van der Waals surface area contributed by atoms with Gasteiger partial charge in [0.25, 0.3) is 0 Å². The maximum atomic E-state index is 4.24. The van der Waals surface area contributed by atoms with Crippen molar-refractivity contribution < 1.29 is 0 Å². The summed E-state index contributed by atoms with van der Waals surface area (Å²) in [6.45, 7) is 17.2. The van der Waals surface area contributed by atoms with Gasteiger partial charge in [-0.3, -0.25) is 0 Å². The Kier molecular flexibility index (Phi) is 12.1. The van der Waals surface area contributed by atoms with Crippen molar-refractivity contribution in [1.29, 1.82) is 0 Å². The average molecular weight is 220 g/mol. The quantitative estimate of drug-likeness (QED) is 0.684. The number of imidazole rings is 1. The molecule has 1 aromatic rings. The Morgan fingerprint density at radius 1 is 1.19 bits per heavy atom. The van der Waals surface area contributed by atoms with Crippen molar-refractivity contribution >= 4 is 12.3 Å². The summed E-state index contributed by atoms with van der Waals surface area (Å²) >= 11 is 0. The van der Waals surface area contributed by atoms with Gasteiger partial charge in [0.05, 0.1) is 5.69 Å². The van der Waals surface area contributed by atoms with Gasteiger partial charge in [-0.15, -0.1) is 0 Å². The Labute approximate surface area is 100 Å². The first-order valence-electron chi connectivity index (χ1n) is 5.75. The number of rotatable bonds is 3. The minimum Gasteiger partial charge on any atom is -0.307 e. The van der Waals surface area contributed by atoms with Crippen molar-refractivity contribution in [2.24, 2.45) is 0 Å². The first-order valence-corrected chi connectivity index (χ1v) is 5.75.